The molecule has 1 aromatic carbocycles. The molecule has 1 N–H and O–H groups in total. The van der Waals surface area contributed by atoms with E-state index in [4.69, 9.17) is 4.74 Å². The molecule has 5 heteroatoms. The highest BCUT2D eigenvalue weighted by Crippen LogP contribution is 2.28. The summed E-state index contributed by atoms with van der Waals surface area (Å²) < 4.78 is 37.7. The van der Waals surface area contributed by atoms with E-state index in [1.165, 1.54) is 45.4 Å². The molecule has 0 aliphatic rings. The van der Waals surface area contributed by atoms with Gasteiger partial charge in [0.25, 0.3) is 10.1 Å². The van der Waals surface area contributed by atoms with Gasteiger partial charge in [-0.2, -0.15) is 8.42 Å². The number of hydrogen-bond donors (Lipinski definition) is 1. The van der Waals surface area contributed by atoms with Crippen molar-refractivity contribution in [2.45, 2.75) is 90.2 Å². The molecule has 1 rings (SSSR count). The fourth-order valence-electron chi connectivity index (χ4n) is 2.99. The van der Waals surface area contributed by atoms with Crippen LogP contribution in [0.25, 0.3) is 0 Å². The summed E-state index contributed by atoms with van der Waals surface area (Å²) in [6, 6.07) is 6.23. The van der Waals surface area contributed by atoms with Gasteiger partial charge in [-0.25, -0.2) is 0 Å². The molecule has 0 saturated carbocycles. The summed E-state index contributed by atoms with van der Waals surface area (Å²) in [7, 11) is -4.07. The molecular weight excluding hydrogens is 348 g/mol. The highest BCUT2D eigenvalue weighted by atomic mass is 32.2. The lowest BCUT2D eigenvalue weighted by Gasteiger charge is -2.18. The van der Waals surface area contributed by atoms with Crippen LogP contribution in [0, 0.1) is 0 Å². The second-order valence-corrected chi connectivity index (χ2v) is 9.00. The standard InChI is InChI=1S/C21H36O4S/c1-4-6-8-10-13-19-15-12-16-20(14-11-9-7-5-2)21(19)25-17-18(3)26(22,23)24/h12,15-16,18H,4-11,13-14,17H2,1-3H3,(H,22,23,24). The first-order chi connectivity index (χ1) is 12.4. The van der Waals surface area contributed by atoms with Crippen LogP contribution in [0.15, 0.2) is 18.2 Å². The van der Waals surface area contributed by atoms with Gasteiger partial charge in [0, 0.05) is 0 Å². The Hall–Kier alpha value is -1.07. The summed E-state index contributed by atoms with van der Waals surface area (Å²) in [5.74, 6) is 0.830. The van der Waals surface area contributed by atoms with E-state index < -0.39 is 15.4 Å². The minimum absolute atomic E-state index is 0.0211. The number of hydrogen-bond acceptors (Lipinski definition) is 3. The summed E-state index contributed by atoms with van der Waals surface area (Å²) >= 11 is 0. The number of para-hydroxylation sites is 1. The normalized spacial score (nSPS) is 12.9. The zero-order valence-electron chi connectivity index (χ0n) is 16.7. The van der Waals surface area contributed by atoms with Crippen LogP contribution in [0.4, 0.5) is 0 Å². The molecule has 1 atom stereocenters. The molecule has 0 heterocycles. The molecule has 0 saturated heterocycles. The lowest BCUT2D eigenvalue weighted by Crippen LogP contribution is -2.24. The molecule has 1 unspecified atom stereocenters. The number of rotatable bonds is 14. The molecule has 0 radical (unpaired) electrons. The number of ether oxygens (including phenoxy) is 1. The monoisotopic (exact) mass is 384 g/mol. The topological polar surface area (TPSA) is 63.6 Å². The molecule has 0 spiro atoms. The third kappa shape index (κ3) is 8.54. The van der Waals surface area contributed by atoms with Gasteiger partial charge in [-0.1, -0.05) is 70.6 Å². The van der Waals surface area contributed by atoms with Gasteiger partial charge >= 0.3 is 0 Å². The van der Waals surface area contributed by atoms with Gasteiger partial charge in [0.05, 0.1) is 0 Å². The third-order valence-electron chi connectivity index (χ3n) is 4.75. The highest BCUT2D eigenvalue weighted by Gasteiger charge is 2.19. The van der Waals surface area contributed by atoms with Crippen molar-refractivity contribution >= 4 is 10.1 Å². The van der Waals surface area contributed by atoms with E-state index >= 15 is 0 Å². The summed E-state index contributed by atoms with van der Waals surface area (Å²) in [6.07, 6.45) is 11.3. The van der Waals surface area contributed by atoms with Crippen molar-refractivity contribution in [2.75, 3.05) is 6.61 Å². The minimum Gasteiger partial charge on any atom is -0.492 e. The van der Waals surface area contributed by atoms with Crippen LogP contribution in [0.3, 0.4) is 0 Å². The summed E-state index contributed by atoms with van der Waals surface area (Å²) in [4.78, 5) is 0. The first-order valence-electron chi connectivity index (χ1n) is 10.1. The van der Waals surface area contributed by atoms with E-state index in [1.807, 2.05) is 0 Å². The summed E-state index contributed by atoms with van der Waals surface area (Å²) in [5.41, 5.74) is 2.30. The van der Waals surface area contributed by atoms with Crippen molar-refractivity contribution in [2.24, 2.45) is 0 Å². The van der Waals surface area contributed by atoms with Crippen LogP contribution in [-0.4, -0.2) is 24.8 Å². The zero-order valence-corrected chi connectivity index (χ0v) is 17.5. The average molecular weight is 385 g/mol. The molecule has 150 valence electrons. The van der Waals surface area contributed by atoms with Gasteiger partial charge in [-0.15, -0.1) is 0 Å². The maximum Gasteiger partial charge on any atom is 0.270 e. The highest BCUT2D eigenvalue weighted by molar-refractivity contribution is 7.86. The van der Waals surface area contributed by atoms with E-state index in [-0.39, 0.29) is 6.61 Å². The Morgan fingerprint density at radius 1 is 0.923 bits per heavy atom. The van der Waals surface area contributed by atoms with Crippen LogP contribution < -0.4 is 4.74 Å². The maximum atomic E-state index is 11.3. The SMILES string of the molecule is CCCCCCc1cccc(CCCCCC)c1OCC(C)S(=O)(=O)O. The Morgan fingerprint density at radius 2 is 1.42 bits per heavy atom. The van der Waals surface area contributed by atoms with Crippen molar-refractivity contribution < 1.29 is 17.7 Å². The Balaban J connectivity index is 2.85. The van der Waals surface area contributed by atoms with E-state index in [1.54, 1.807) is 0 Å². The second-order valence-electron chi connectivity index (χ2n) is 7.16. The molecular formula is C21H36O4S. The Kier molecular flexibility index (Phi) is 10.9. The fraction of sp³-hybridized carbons (Fsp3) is 0.714. The smallest absolute Gasteiger partial charge is 0.270 e. The maximum absolute atomic E-state index is 11.3. The molecule has 0 aliphatic carbocycles. The molecule has 0 bridgehead atoms. The molecule has 0 aliphatic heterocycles. The van der Waals surface area contributed by atoms with Crippen molar-refractivity contribution in [1.29, 1.82) is 0 Å². The van der Waals surface area contributed by atoms with Gasteiger partial charge in [0.15, 0.2) is 0 Å². The quantitative estimate of drug-likeness (QED) is 0.335. The van der Waals surface area contributed by atoms with Crippen LogP contribution >= 0.6 is 0 Å². The minimum atomic E-state index is -4.07. The zero-order chi connectivity index (χ0) is 19.4. The van der Waals surface area contributed by atoms with E-state index in [2.05, 4.69) is 32.0 Å². The molecule has 0 fully saturated rings. The van der Waals surface area contributed by atoms with Crippen LogP contribution in [0.2, 0.25) is 0 Å². The van der Waals surface area contributed by atoms with Crippen LogP contribution in [0.5, 0.6) is 5.75 Å². The molecule has 0 aromatic heterocycles. The van der Waals surface area contributed by atoms with Gasteiger partial charge in [-0.05, 0) is 43.7 Å². The lowest BCUT2D eigenvalue weighted by atomic mass is 9.99. The number of benzene rings is 1. The van der Waals surface area contributed by atoms with Crippen molar-refractivity contribution in [3.05, 3.63) is 29.3 Å². The Labute approximate surface area is 160 Å². The number of unbranched alkanes of at least 4 members (excludes halogenated alkanes) is 6. The third-order valence-corrected chi connectivity index (χ3v) is 5.90. The molecule has 4 nitrogen and oxygen atoms in total. The molecule has 1 aromatic rings. The summed E-state index contributed by atoms with van der Waals surface area (Å²) in [6.45, 7) is 5.84. The Morgan fingerprint density at radius 3 is 1.85 bits per heavy atom. The van der Waals surface area contributed by atoms with E-state index in [0.29, 0.717) is 0 Å². The average Bonchev–Trinajstić information content (AvgIpc) is 2.60. The van der Waals surface area contributed by atoms with Crippen molar-refractivity contribution in [1.82, 2.24) is 0 Å². The lowest BCUT2D eigenvalue weighted by molar-refractivity contribution is 0.304. The largest absolute Gasteiger partial charge is 0.492 e. The summed E-state index contributed by atoms with van der Waals surface area (Å²) in [5, 5.41) is -0.927. The first-order valence-corrected chi connectivity index (χ1v) is 11.6. The van der Waals surface area contributed by atoms with Gasteiger partial charge in [0.1, 0.15) is 17.6 Å². The first kappa shape index (κ1) is 23.0. The van der Waals surface area contributed by atoms with Crippen LogP contribution in [0.1, 0.15) is 83.3 Å². The van der Waals surface area contributed by atoms with E-state index in [0.717, 1.165) is 42.6 Å². The Bertz CT molecular complexity index is 580. The van der Waals surface area contributed by atoms with Crippen molar-refractivity contribution in [3.8, 4) is 5.75 Å². The van der Waals surface area contributed by atoms with E-state index in [9.17, 15) is 13.0 Å². The predicted molar refractivity (Wildman–Crippen MR) is 109 cm³/mol. The predicted octanol–water partition coefficient (Wildman–Crippen LogP) is 5.59. The number of aryl methyl sites for hydroxylation is 2. The molecule has 26 heavy (non-hydrogen) atoms. The van der Waals surface area contributed by atoms with Gasteiger partial charge in [-0.3, -0.25) is 4.55 Å². The molecule has 0 amide bonds. The van der Waals surface area contributed by atoms with Crippen LogP contribution in [-0.2, 0) is 23.0 Å². The second kappa shape index (κ2) is 12.3. The van der Waals surface area contributed by atoms with Crippen molar-refractivity contribution in [3.63, 3.8) is 0 Å². The van der Waals surface area contributed by atoms with Gasteiger partial charge in [0.2, 0.25) is 0 Å². The van der Waals surface area contributed by atoms with Gasteiger partial charge < -0.3 is 4.74 Å². The fourth-order valence-corrected chi connectivity index (χ4v) is 3.23.